The van der Waals surface area contributed by atoms with Crippen LogP contribution in [0.2, 0.25) is 0 Å². The summed E-state index contributed by atoms with van der Waals surface area (Å²) in [5.74, 6) is 1.02. The molecule has 2 atom stereocenters. The van der Waals surface area contributed by atoms with Crippen molar-refractivity contribution in [3.63, 3.8) is 0 Å². The van der Waals surface area contributed by atoms with Crippen LogP contribution in [0, 0.1) is 18.7 Å². The minimum absolute atomic E-state index is 0.174. The summed E-state index contributed by atoms with van der Waals surface area (Å²) >= 11 is 0. The zero-order chi connectivity index (χ0) is 22.8. The summed E-state index contributed by atoms with van der Waals surface area (Å²) in [7, 11) is 0. The fourth-order valence-corrected chi connectivity index (χ4v) is 6.36. The van der Waals surface area contributed by atoms with Gasteiger partial charge in [-0.15, -0.1) is 0 Å². The van der Waals surface area contributed by atoms with Gasteiger partial charge in [-0.3, -0.25) is 14.7 Å². The first-order valence-corrected chi connectivity index (χ1v) is 12.8. The highest BCUT2D eigenvalue weighted by atomic mass is 19.1. The lowest BCUT2D eigenvalue weighted by Gasteiger charge is -2.44. The Labute approximate surface area is 197 Å². The highest BCUT2D eigenvalue weighted by molar-refractivity contribution is 5.95. The molecule has 2 saturated heterocycles. The molecule has 2 aromatic rings. The molecule has 3 aliphatic rings. The molecule has 176 valence electrons. The summed E-state index contributed by atoms with van der Waals surface area (Å²) in [6, 6.07) is 11.3. The van der Waals surface area contributed by atoms with E-state index in [0.29, 0.717) is 17.9 Å². The zero-order valence-corrected chi connectivity index (χ0v) is 19.8. The monoisotopic (exact) mass is 449 g/mol. The molecule has 33 heavy (non-hydrogen) atoms. The molecule has 3 fully saturated rings. The summed E-state index contributed by atoms with van der Waals surface area (Å²) in [6.07, 6.45) is 9.36. The molecule has 0 spiro atoms. The number of halogens is 1. The Morgan fingerprint density at radius 2 is 1.79 bits per heavy atom. The van der Waals surface area contributed by atoms with Crippen LogP contribution in [0.25, 0.3) is 0 Å². The maximum atomic E-state index is 13.8. The van der Waals surface area contributed by atoms with Crippen molar-refractivity contribution in [3.05, 3.63) is 64.7 Å². The van der Waals surface area contributed by atoms with E-state index in [2.05, 4.69) is 9.80 Å². The Morgan fingerprint density at radius 1 is 1.00 bits per heavy atom. The van der Waals surface area contributed by atoms with E-state index in [-0.39, 0.29) is 11.7 Å². The quantitative estimate of drug-likeness (QED) is 0.600. The Balaban J connectivity index is 1.30. The third-order valence-corrected chi connectivity index (χ3v) is 8.07. The largest absolute Gasteiger partial charge is 0.335 e. The summed E-state index contributed by atoms with van der Waals surface area (Å²) in [4.78, 5) is 23.3. The minimum atomic E-state index is -0.174. The van der Waals surface area contributed by atoms with Gasteiger partial charge < -0.3 is 4.90 Å². The Bertz CT molecular complexity index is 983. The normalized spacial score (nSPS) is 24.5. The molecule has 0 radical (unpaired) electrons. The van der Waals surface area contributed by atoms with Crippen LogP contribution in [0.1, 0.15) is 84.6 Å². The van der Waals surface area contributed by atoms with Gasteiger partial charge in [0.15, 0.2) is 0 Å². The van der Waals surface area contributed by atoms with E-state index in [1.807, 2.05) is 25.1 Å². The first-order valence-electron chi connectivity index (χ1n) is 12.8. The highest BCUT2D eigenvalue weighted by Crippen LogP contribution is 2.37. The number of hydrogen-bond acceptors (Lipinski definition) is 3. The first kappa shape index (κ1) is 22.5. The van der Waals surface area contributed by atoms with E-state index >= 15 is 0 Å². The Hall–Kier alpha value is -2.27. The number of likely N-dealkylation sites (tertiary alicyclic amines) is 2. The minimum Gasteiger partial charge on any atom is -0.335 e. The van der Waals surface area contributed by atoms with Crippen molar-refractivity contribution >= 4 is 5.91 Å². The van der Waals surface area contributed by atoms with Gasteiger partial charge in [0.2, 0.25) is 0 Å². The van der Waals surface area contributed by atoms with Crippen LogP contribution in [0.4, 0.5) is 4.39 Å². The summed E-state index contributed by atoms with van der Waals surface area (Å²) in [5.41, 5.74) is 3.84. The van der Waals surface area contributed by atoms with Crippen molar-refractivity contribution in [2.75, 3.05) is 19.6 Å². The molecule has 1 aromatic heterocycles. The van der Waals surface area contributed by atoms with Crippen molar-refractivity contribution in [2.24, 2.45) is 5.92 Å². The smallest absolute Gasteiger partial charge is 0.255 e. The molecule has 4 nitrogen and oxygen atoms in total. The number of aryl methyl sites for hydroxylation is 1. The second-order valence-electron chi connectivity index (χ2n) is 10.3. The fourth-order valence-electron chi connectivity index (χ4n) is 6.36. The maximum absolute atomic E-state index is 13.8. The van der Waals surface area contributed by atoms with Crippen molar-refractivity contribution in [1.29, 1.82) is 0 Å². The lowest BCUT2D eigenvalue weighted by Crippen LogP contribution is -2.50. The maximum Gasteiger partial charge on any atom is 0.255 e. The number of piperidine rings is 2. The summed E-state index contributed by atoms with van der Waals surface area (Å²) in [6.45, 7) is 5.57. The van der Waals surface area contributed by atoms with E-state index in [4.69, 9.17) is 4.98 Å². The average Bonchev–Trinajstić information content (AvgIpc) is 2.84. The predicted octanol–water partition coefficient (Wildman–Crippen LogP) is 5.70. The van der Waals surface area contributed by atoms with Gasteiger partial charge in [0.25, 0.3) is 5.91 Å². The molecule has 1 aliphatic carbocycles. The molecule has 3 heterocycles. The number of amides is 1. The van der Waals surface area contributed by atoms with Gasteiger partial charge in [0, 0.05) is 30.7 Å². The van der Waals surface area contributed by atoms with Gasteiger partial charge in [0.1, 0.15) is 5.82 Å². The van der Waals surface area contributed by atoms with Crippen molar-refractivity contribution in [1.82, 2.24) is 14.8 Å². The Morgan fingerprint density at radius 3 is 2.61 bits per heavy atom. The van der Waals surface area contributed by atoms with Crippen molar-refractivity contribution in [2.45, 2.75) is 76.8 Å². The standard InChI is InChI=1S/C28H36FN3O/c1-20-11-12-25(28(33)32-15-5-8-22-7-2-3-10-26(22)32)27(30-20)23-13-16-31(17-14-23)19-21-6-4-9-24(29)18-21/h4,6,9,11-12,18,22-23,26H,2-3,5,7-8,10,13-17,19H2,1H3/t22-,26+/m1/s1. The summed E-state index contributed by atoms with van der Waals surface area (Å²) < 4.78 is 13.6. The Kier molecular flexibility index (Phi) is 6.77. The van der Waals surface area contributed by atoms with Crippen LogP contribution in [0.15, 0.2) is 36.4 Å². The number of carbonyl (C=O) groups excluding carboxylic acids is 1. The lowest BCUT2D eigenvalue weighted by molar-refractivity contribution is 0.0388. The molecular formula is C28H36FN3O. The van der Waals surface area contributed by atoms with Crippen LogP contribution < -0.4 is 0 Å². The molecule has 5 heteroatoms. The SMILES string of the molecule is Cc1ccc(C(=O)N2CCC[C@H]3CCCC[C@@H]32)c(C2CCN(Cc3cccc(F)c3)CC2)n1. The molecule has 2 aliphatic heterocycles. The van der Waals surface area contributed by atoms with Crippen LogP contribution in [-0.2, 0) is 6.54 Å². The van der Waals surface area contributed by atoms with Gasteiger partial charge >= 0.3 is 0 Å². The van der Waals surface area contributed by atoms with Crippen LogP contribution in [-0.4, -0.2) is 46.4 Å². The number of hydrogen-bond donors (Lipinski definition) is 0. The lowest BCUT2D eigenvalue weighted by atomic mass is 9.78. The number of fused-ring (bicyclic) bond motifs is 1. The molecule has 0 unspecified atom stereocenters. The number of carbonyl (C=O) groups is 1. The third kappa shape index (κ3) is 4.98. The van der Waals surface area contributed by atoms with Gasteiger partial charge in [0.05, 0.1) is 11.3 Å². The van der Waals surface area contributed by atoms with Crippen molar-refractivity contribution < 1.29 is 9.18 Å². The second kappa shape index (κ2) is 9.92. The average molecular weight is 450 g/mol. The first-order chi connectivity index (χ1) is 16.1. The topological polar surface area (TPSA) is 36.4 Å². The highest BCUT2D eigenvalue weighted by Gasteiger charge is 2.37. The molecule has 5 rings (SSSR count). The number of rotatable bonds is 4. The van der Waals surface area contributed by atoms with Gasteiger partial charge in [-0.05, 0) is 94.3 Å². The van der Waals surface area contributed by atoms with E-state index < -0.39 is 0 Å². The molecule has 0 bridgehead atoms. The number of benzene rings is 1. The van der Waals surface area contributed by atoms with Gasteiger partial charge in [-0.25, -0.2) is 4.39 Å². The van der Waals surface area contributed by atoms with E-state index in [1.165, 1.54) is 31.7 Å². The summed E-state index contributed by atoms with van der Waals surface area (Å²) in [5, 5.41) is 0. The second-order valence-corrected chi connectivity index (χ2v) is 10.3. The fraction of sp³-hybridized carbons (Fsp3) is 0.571. The molecule has 1 amide bonds. The molecular weight excluding hydrogens is 413 g/mol. The predicted molar refractivity (Wildman–Crippen MR) is 129 cm³/mol. The molecule has 0 N–H and O–H groups in total. The molecule has 1 aromatic carbocycles. The van der Waals surface area contributed by atoms with Gasteiger partial charge in [-0.1, -0.05) is 25.0 Å². The number of nitrogens with zero attached hydrogens (tertiary/aromatic N) is 3. The van der Waals surface area contributed by atoms with Crippen LogP contribution in [0.3, 0.4) is 0 Å². The van der Waals surface area contributed by atoms with Crippen molar-refractivity contribution in [3.8, 4) is 0 Å². The number of pyridine rings is 1. The van der Waals surface area contributed by atoms with E-state index in [1.54, 1.807) is 12.1 Å². The van der Waals surface area contributed by atoms with E-state index in [0.717, 1.165) is 74.4 Å². The van der Waals surface area contributed by atoms with Crippen LogP contribution in [0.5, 0.6) is 0 Å². The van der Waals surface area contributed by atoms with Gasteiger partial charge in [-0.2, -0.15) is 0 Å². The van der Waals surface area contributed by atoms with Crippen LogP contribution >= 0.6 is 0 Å². The third-order valence-electron chi connectivity index (χ3n) is 8.07. The van der Waals surface area contributed by atoms with E-state index in [9.17, 15) is 9.18 Å². The number of aromatic nitrogens is 1. The molecule has 1 saturated carbocycles. The zero-order valence-electron chi connectivity index (χ0n) is 19.8.